The van der Waals surface area contributed by atoms with Crippen molar-refractivity contribution in [1.82, 2.24) is 13.9 Å². The van der Waals surface area contributed by atoms with Crippen molar-refractivity contribution in [1.29, 1.82) is 0 Å². The number of nitrogens with zero attached hydrogens (tertiary/aromatic N) is 2. The van der Waals surface area contributed by atoms with Crippen molar-refractivity contribution < 1.29 is 23.1 Å². The van der Waals surface area contributed by atoms with Crippen LogP contribution < -0.4 is 4.72 Å². The summed E-state index contributed by atoms with van der Waals surface area (Å²) in [7, 11) is -2.39. The molecule has 0 aromatic heterocycles. The Kier molecular flexibility index (Phi) is 7.08. The van der Waals surface area contributed by atoms with Crippen molar-refractivity contribution in [2.75, 3.05) is 26.7 Å². The van der Waals surface area contributed by atoms with Crippen molar-refractivity contribution in [2.45, 2.75) is 51.3 Å². The van der Waals surface area contributed by atoms with E-state index in [-0.39, 0.29) is 13.1 Å². The van der Waals surface area contributed by atoms with Crippen LogP contribution in [-0.4, -0.2) is 66.7 Å². The number of aliphatic hydroxyl groups excluding tert-OH is 1. The smallest absolute Gasteiger partial charge is 0.410 e. The summed E-state index contributed by atoms with van der Waals surface area (Å²) in [6.45, 7) is 5.62. The second kappa shape index (κ2) is 8.77. The minimum absolute atomic E-state index is 0.0524. The van der Waals surface area contributed by atoms with Crippen LogP contribution >= 0.6 is 0 Å². The highest BCUT2D eigenvalue weighted by atomic mass is 32.2. The highest BCUT2D eigenvalue weighted by molar-refractivity contribution is 7.87. The number of carbonyl (C=O) groups is 1. The van der Waals surface area contributed by atoms with Crippen LogP contribution in [0.25, 0.3) is 0 Å². The second-order valence-corrected chi connectivity index (χ2v) is 10.1. The van der Waals surface area contributed by atoms with E-state index < -0.39 is 34.0 Å². The minimum atomic E-state index is -3.87. The SMILES string of the molecule is CN(Cc1ccccc1)S(=O)(=O)NC1(CO)CCCN(C(=O)OC(C)(C)C)C1. The van der Waals surface area contributed by atoms with Gasteiger partial charge in [0, 0.05) is 26.7 Å². The van der Waals surface area contributed by atoms with E-state index in [1.165, 1.54) is 16.3 Å². The molecule has 0 bridgehead atoms. The summed E-state index contributed by atoms with van der Waals surface area (Å²) in [6.07, 6.45) is 0.480. The van der Waals surface area contributed by atoms with Gasteiger partial charge in [0.15, 0.2) is 0 Å². The van der Waals surface area contributed by atoms with Gasteiger partial charge in [-0.1, -0.05) is 30.3 Å². The van der Waals surface area contributed by atoms with Crippen LogP contribution in [0.2, 0.25) is 0 Å². The first-order valence-electron chi connectivity index (χ1n) is 9.34. The summed E-state index contributed by atoms with van der Waals surface area (Å²) in [5.74, 6) is 0. The molecule has 1 saturated heterocycles. The Hall–Kier alpha value is -1.68. The molecule has 1 atom stereocenters. The molecule has 0 radical (unpaired) electrons. The average Bonchev–Trinajstić information content (AvgIpc) is 2.61. The molecule has 0 aliphatic carbocycles. The highest BCUT2D eigenvalue weighted by Crippen LogP contribution is 2.24. The molecule has 28 heavy (non-hydrogen) atoms. The first-order valence-corrected chi connectivity index (χ1v) is 10.8. The zero-order valence-corrected chi connectivity index (χ0v) is 17.8. The summed E-state index contributed by atoms with van der Waals surface area (Å²) in [6, 6.07) is 9.25. The highest BCUT2D eigenvalue weighted by Gasteiger charge is 2.41. The van der Waals surface area contributed by atoms with E-state index in [1.54, 1.807) is 20.8 Å². The third kappa shape index (κ3) is 6.16. The number of hydrogen-bond acceptors (Lipinski definition) is 5. The Morgan fingerprint density at radius 1 is 1.32 bits per heavy atom. The molecule has 158 valence electrons. The fraction of sp³-hybridized carbons (Fsp3) is 0.632. The van der Waals surface area contributed by atoms with Crippen molar-refractivity contribution in [3.05, 3.63) is 35.9 Å². The molecule has 1 aromatic carbocycles. The topological polar surface area (TPSA) is 99.2 Å². The summed E-state index contributed by atoms with van der Waals surface area (Å²) in [4.78, 5) is 13.8. The number of rotatable bonds is 6. The molecule has 1 aliphatic heterocycles. The number of benzene rings is 1. The first kappa shape index (κ1) is 22.6. The number of amides is 1. The number of carbonyl (C=O) groups excluding carboxylic acids is 1. The normalized spacial score (nSPS) is 21.0. The van der Waals surface area contributed by atoms with Crippen molar-refractivity contribution in [2.24, 2.45) is 0 Å². The number of piperidine rings is 1. The van der Waals surface area contributed by atoms with Gasteiger partial charge in [0.05, 0.1) is 12.1 Å². The molecule has 1 amide bonds. The van der Waals surface area contributed by atoms with Crippen LogP contribution in [0.1, 0.15) is 39.2 Å². The molecular formula is C19H31N3O5S. The van der Waals surface area contributed by atoms with Crippen molar-refractivity contribution in [3.8, 4) is 0 Å². The van der Waals surface area contributed by atoms with Crippen molar-refractivity contribution in [3.63, 3.8) is 0 Å². The third-order valence-electron chi connectivity index (χ3n) is 4.54. The van der Waals surface area contributed by atoms with Crippen LogP contribution in [0.15, 0.2) is 30.3 Å². The van der Waals surface area contributed by atoms with E-state index in [4.69, 9.17) is 4.74 Å². The Morgan fingerprint density at radius 2 is 1.96 bits per heavy atom. The predicted molar refractivity (Wildman–Crippen MR) is 107 cm³/mol. The number of likely N-dealkylation sites (tertiary alicyclic amines) is 1. The van der Waals surface area contributed by atoms with Gasteiger partial charge in [0.25, 0.3) is 10.2 Å². The summed E-state index contributed by atoms with van der Waals surface area (Å²) in [5, 5.41) is 9.98. The summed E-state index contributed by atoms with van der Waals surface area (Å²) >= 11 is 0. The first-order chi connectivity index (χ1) is 13.0. The van der Waals surface area contributed by atoms with E-state index in [1.807, 2.05) is 30.3 Å². The van der Waals surface area contributed by atoms with Gasteiger partial charge in [-0.2, -0.15) is 17.4 Å². The van der Waals surface area contributed by atoms with E-state index in [0.29, 0.717) is 19.4 Å². The maximum absolute atomic E-state index is 12.8. The Labute approximate surface area is 167 Å². The van der Waals surface area contributed by atoms with E-state index in [9.17, 15) is 18.3 Å². The number of hydrogen-bond donors (Lipinski definition) is 2. The van der Waals surface area contributed by atoms with Gasteiger partial charge in [-0.3, -0.25) is 0 Å². The zero-order valence-electron chi connectivity index (χ0n) is 17.0. The van der Waals surface area contributed by atoms with Crippen LogP contribution in [0.4, 0.5) is 4.79 Å². The van der Waals surface area contributed by atoms with Gasteiger partial charge in [-0.05, 0) is 39.2 Å². The van der Waals surface area contributed by atoms with Crippen LogP contribution in [-0.2, 0) is 21.5 Å². The van der Waals surface area contributed by atoms with E-state index in [2.05, 4.69) is 4.72 Å². The molecule has 2 rings (SSSR count). The fourth-order valence-corrected chi connectivity index (χ4v) is 4.39. The summed E-state index contributed by atoms with van der Waals surface area (Å²) < 4.78 is 34.9. The molecule has 0 saturated carbocycles. The third-order valence-corrected chi connectivity index (χ3v) is 6.18. The average molecular weight is 414 g/mol. The second-order valence-electron chi connectivity index (χ2n) is 8.29. The lowest BCUT2D eigenvalue weighted by molar-refractivity contribution is 0.00673. The van der Waals surface area contributed by atoms with Crippen molar-refractivity contribution >= 4 is 16.3 Å². The largest absolute Gasteiger partial charge is 0.444 e. The molecule has 8 nitrogen and oxygen atoms in total. The number of aliphatic hydroxyl groups is 1. The van der Waals surface area contributed by atoms with Gasteiger partial charge in [-0.15, -0.1) is 0 Å². The maximum Gasteiger partial charge on any atom is 0.410 e. The molecule has 9 heteroatoms. The van der Waals surface area contributed by atoms with Gasteiger partial charge in [0.2, 0.25) is 0 Å². The van der Waals surface area contributed by atoms with E-state index in [0.717, 1.165) is 5.56 Å². The molecule has 0 spiro atoms. The molecular weight excluding hydrogens is 382 g/mol. The Morgan fingerprint density at radius 3 is 2.54 bits per heavy atom. The van der Waals surface area contributed by atoms with E-state index >= 15 is 0 Å². The van der Waals surface area contributed by atoms with Gasteiger partial charge in [0.1, 0.15) is 5.60 Å². The van der Waals surface area contributed by atoms with Gasteiger partial charge < -0.3 is 14.7 Å². The monoisotopic (exact) mass is 413 g/mol. The van der Waals surface area contributed by atoms with Crippen LogP contribution in [0.3, 0.4) is 0 Å². The molecule has 1 aromatic rings. The van der Waals surface area contributed by atoms with Crippen LogP contribution in [0, 0.1) is 0 Å². The molecule has 1 heterocycles. The standard InChI is InChI=1S/C19H31N3O5S/c1-18(2,3)27-17(24)22-12-8-11-19(14-22,15-23)20-28(25,26)21(4)13-16-9-6-5-7-10-16/h5-7,9-10,20,23H,8,11-15H2,1-4H3. The minimum Gasteiger partial charge on any atom is -0.444 e. The quantitative estimate of drug-likeness (QED) is 0.740. The molecule has 2 N–H and O–H groups in total. The van der Waals surface area contributed by atoms with Gasteiger partial charge in [-0.25, -0.2) is 4.79 Å². The Bertz CT molecular complexity index is 764. The lowest BCUT2D eigenvalue weighted by Crippen LogP contribution is -2.63. The lowest BCUT2D eigenvalue weighted by atomic mass is 9.91. The zero-order chi connectivity index (χ0) is 21.0. The maximum atomic E-state index is 12.8. The van der Waals surface area contributed by atoms with Crippen LogP contribution in [0.5, 0.6) is 0 Å². The molecule has 1 unspecified atom stereocenters. The fourth-order valence-electron chi connectivity index (χ4n) is 3.14. The predicted octanol–water partition coefficient (Wildman–Crippen LogP) is 1.71. The molecule has 1 fully saturated rings. The number of nitrogens with one attached hydrogen (secondary N) is 1. The number of ether oxygens (including phenoxy) is 1. The lowest BCUT2D eigenvalue weighted by Gasteiger charge is -2.42. The van der Waals surface area contributed by atoms with Gasteiger partial charge >= 0.3 is 6.09 Å². The Balaban J connectivity index is 2.10. The molecule has 1 aliphatic rings. The summed E-state index contributed by atoms with van der Waals surface area (Å²) in [5.41, 5.74) is -0.933.